The second-order valence-electron chi connectivity index (χ2n) is 5.94. The number of hydrogen-bond acceptors (Lipinski definition) is 4. The number of halogens is 3. The van der Waals surface area contributed by atoms with Crippen molar-refractivity contribution < 1.29 is 13.5 Å². The Balaban J connectivity index is 1.71. The fourth-order valence-corrected chi connectivity index (χ4v) is 3.38. The summed E-state index contributed by atoms with van der Waals surface area (Å²) in [5.74, 6) is 0.732. The van der Waals surface area contributed by atoms with E-state index in [4.69, 9.17) is 16.3 Å². The summed E-state index contributed by atoms with van der Waals surface area (Å²) in [6, 6.07) is 13.9. The number of ether oxygens (including phenoxy) is 1. The number of anilines is 1. The number of para-hydroxylation sites is 1. The SMILES string of the molecule is FC(F)Oc1ccccc1[C@H]1C[C@H](c2ccc(Cl)cc2)n2ncnc2N1. The lowest BCUT2D eigenvalue weighted by molar-refractivity contribution is -0.0506. The monoisotopic (exact) mass is 376 g/mol. The number of hydrogen-bond donors (Lipinski definition) is 1. The lowest BCUT2D eigenvalue weighted by Crippen LogP contribution is -2.28. The van der Waals surface area contributed by atoms with Crippen LogP contribution in [0.25, 0.3) is 0 Å². The molecule has 1 N–H and O–H groups in total. The average molecular weight is 377 g/mol. The van der Waals surface area contributed by atoms with E-state index in [1.54, 1.807) is 28.9 Å². The third kappa shape index (κ3) is 3.22. The van der Waals surface area contributed by atoms with Gasteiger partial charge < -0.3 is 10.1 Å². The van der Waals surface area contributed by atoms with Gasteiger partial charge in [0.2, 0.25) is 5.95 Å². The largest absolute Gasteiger partial charge is 0.434 e. The van der Waals surface area contributed by atoms with Crippen molar-refractivity contribution in [3.8, 4) is 5.75 Å². The Kier molecular flexibility index (Phi) is 4.46. The minimum Gasteiger partial charge on any atom is -0.434 e. The molecule has 26 heavy (non-hydrogen) atoms. The van der Waals surface area contributed by atoms with Crippen LogP contribution in [0, 0.1) is 0 Å². The molecule has 1 aromatic heterocycles. The van der Waals surface area contributed by atoms with Crippen molar-refractivity contribution in [1.82, 2.24) is 14.8 Å². The molecule has 0 saturated carbocycles. The third-order valence-electron chi connectivity index (χ3n) is 4.40. The van der Waals surface area contributed by atoms with Gasteiger partial charge in [0.15, 0.2) is 0 Å². The highest BCUT2D eigenvalue weighted by atomic mass is 35.5. The molecule has 2 heterocycles. The van der Waals surface area contributed by atoms with E-state index in [0.29, 0.717) is 23.0 Å². The van der Waals surface area contributed by atoms with E-state index in [0.717, 1.165) is 5.56 Å². The molecule has 0 saturated heterocycles. The fourth-order valence-electron chi connectivity index (χ4n) is 3.26. The summed E-state index contributed by atoms with van der Waals surface area (Å²) in [5.41, 5.74) is 1.67. The lowest BCUT2D eigenvalue weighted by atomic mass is 9.93. The molecule has 5 nitrogen and oxygen atoms in total. The van der Waals surface area contributed by atoms with Crippen LogP contribution in [0.5, 0.6) is 5.75 Å². The van der Waals surface area contributed by atoms with Crippen LogP contribution in [0.3, 0.4) is 0 Å². The first-order chi connectivity index (χ1) is 12.6. The zero-order valence-corrected chi connectivity index (χ0v) is 14.3. The zero-order chi connectivity index (χ0) is 18.1. The number of rotatable bonds is 4. The van der Waals surface area contributed by atoms with Crippen LogP contribution in [0.2, 0.25) is 5.02 Å². The van der Waals surface area contributed by atoms with E-state index in [9.17, 15) is 8.78 Å². The van der Waals surface area contributed by atoms with Gasteiger partial charge in [-0.2, -0.15) is 18.9 Å². The molecule has 2 atom stereocenters. The summed E-state index contributed by atoms with van der Waals surface area (Å²) in [6.07, 6.45) is 2.07. The highest BCUT2D eigenvalue weighted by molar-refractivity contribution is 6.30. The smallest absolute Gasteiger partial charge is 0.387 e. The van der Waals surface area contributed by atoms with Crippen molar-refractivity contribution in [3.63, 3.8) is 0 Å². The van der Waals surface area contributed by atoms with Crippen molar-refractivity contribution in [3.05, 3.63) is 71.0 Å². The maximum absolute atomic E-state index is 12.8. The summed E-state index contributed by atoms with van der Waals surface area (Å²) in [6.45, 7) is -2.88. The van der Waals surface area contributed by atoms with Crippen molar-refractivity contribution in [2.45, 2.75) is 25.1 Å². The summed E-state index contributed by atoms with van der Waals surface area (Å²) in [7, 11) is 0. The van der Waals surface area contributed by atoms with Gasteiger partial charge in [0.25, 0.3) is 0 Å². The van der Waals surface area contributed by atoms with Gasteiger partial charge in [-0.25, -0.2) is 4.68 Å². The normalized spacial score (nSPS) is 19.1. The van der Waals surface area contributed by atoms with Gasteiger partial charge in [-0.15, -0.1) is 0 Å². The highest BCUT2D eigenvalue weighted by Crippen LogP contribution is 2.40. The molecule has 1 aliphatic heterocycles. The topological polar surface area (TPSA) is 52.0 Å². The predicted octanol–water partition coefficient (Wildman–Crippen LogP) is 4.68. The van der Waals surface area contributed by atoms with E-state index < -0.39 is 6.61 Å². The Hall–Kier alpha value is -2.67. The van der Waals surface area contributed by atoms with E-state index >= 15 is 0 Å². The number of fused-ring (bicyclic) bond motifs is 1. The van der Waals surface area contributed by atoms with Gasteiger partial charge in [0, 0.05) is 10.6 Å². The second kappa shape index (κ2) is 6.92. The molecule has 0 spiro atoms. The van der Waals surface area contributed by atoms with Crippen LogP contribution in [0.4, 0.5) is 14.7 Å². The van der Waals surface area contributed by atoms with Crippen LogP contribution in [0.15, 0.2) is 54.9 Å². The van der Waals surface area contributed by atoms with Crippen molar-refractivity contribution >= 4 is 17.5 Å². The van der Waals surface area contributed by atoms with Gasteiger partial charge >= 0.3 is 6.61 Å². The molecule has 0 unspecified atom stereocenters. The lowest BCUT2D eigenvalue weighted by Gasteiger charge is -2.32. The summed E-state index contributed by atoms with van der Waals surface area (Å²) in [5, 5.41) is 8.20. The Morgan fingerprint density at radius 2 is 1.92 bits per heavy atom. The highest BCUT2D eigenvalue weighted by Gasteiger charge is 2.31. The Morgan fingerprint density at radius 1 is 1.15 bits per heavy atom. The van der Waals surface area contributed by atoms with E-state index in [2.05, 4.69) is 15.4 Å². The maximum atomic E-state index is 12.8. The Bertz CT molecular complexity index is 900. The number of aromatic nitrogens is 3. The van der Waals surface area contributed by atoms with E-state index in [1.807, 2.05) is 24.3 Å². The molecule has 134 valence electrons. The molecular formula is C18H15ClF2N4O. The fraction of sp³-hybridized carbons (Fsp3) is 0.222. The van der Waals surface area contributed by atoms with Gasteiger partial charge in [-0.05, 0) is 30.2 Å². The molecule has 0 bridgehead atoms. The number of nitrogens with zero attached hydrogens (tertiary/aromatic N) is 3. The number of benzene rings is 2. The summed E-state index contributed by atoms with van der Waals surface area (Å²) >= 11 is 5.99. The molecule has 0 fully saturated rings. The zero-order valence-electron chi connectivity index (χ0n) is 13.5. The first-order valence-corrected chi connectivity index (χ1v) is 8.45. The number of alkyl halides is 2. The van der Waals surface area contributed by atoms with Crippen molar-refractivity contribution in [1.29, 1.82) is 0 Å². The molecular weight excluding hydrogens is 362 g/mol. The molecule has 1 aliphatic rings. The van der Waals surface area contributed by atoms with Gasteiger partial charge in [-0.3, -0.25) is 0 Å². The molecule has 3 aromatic rings. The Morgan fingerprint density at radius 3 is 2.69 bits per heavy atom. The summed E-state index contributed by atoms with van der Waals surface area (Å²) in [4.78, 5) is 4.24. The molecule has 2 aromatic carbocycles. The van der Waals surface area contributed by atoms with Gasteiger partial charge in [0.1, 0.15) is 12.1 Å². The van der Waals surface area contributed by atoms with Crippen LogP contribution >= 0.6 is 11.6 Å². The summed E-state index contributed by atoms with van der Waals surface area (Å²) < 4.78 is 32.0. The molecule has 0 amide bonds. The predicted molar refractivity (Wildman–Crippen MR) is 93.7 cm³/mol. The van der Waals surface area contributed by atoms with Crippen LogP contribution < -0.4 is 10.1 Å². The average Bonchev–Trinajstić information content (AvgIpc) is 3.10. The number of nitrogens with one attached hydrogen (secondary N) is 1. The van der Waals surface area contributed by atoms with E-state index in [1.165, 1.54) is 6.33 Å². The van der Waals surface area contributed by atoms with Crippen LogP contribution in [-0.2, 0) is 0 Å². The standard InChI is InChI=1S/C18H15ClF2N4O/c19-12-7-5-11(6-8-12)15-9-14(24-18-22-10-23-25(15)18)13-3-1-2-4-16(13)26-17(20)21/h1-8,10,14-15,17H,9H2,(H,22,23,24)/t14-,15-/m1/s1. The van der Waals surface area contributed by atoms with Crippen LogP contribution in [-0.4, -0.2) is 21.4 Å². The second-order valence-corrected chi connectivity index (χ2v) is 6.38. The van der Waals surface area contributed by atoms with Crippen molar-refractivity contribution in [2.75, 3.05) is 5.32 Å². The van der Waals surface area contributed by atoms with Gasteiger partial charge in [0.05, 0.1) is 12.1 Å². The maximum Gasteiger partial charge on any atom is 0.387 e. The molecule has 4 rings (SSSR count). The minimum absolute atomic E-state index is 0.101. The third-order valence-corrected chi connectivity index (χ3v) is 4.65. The first kappa shape index (κ1) is 16.8. The molecule has 0 aliphatic carbocycles. The molecule has 0 radical (unpaired) electrons. The quantitative estimate of drug-likeness (QED) is 0.718. The minimum atomic E-state index is -2.88. The first-order valence-electron chi connectivity index (χ1n) is 8.07. The van der Waals surface area contributed by atoms with Crippen LogP contribution in [0.1, 0.15) is 29.6 Å². The molecule has 8 heteroatoms. The van der Waals surface area contributed by atoms with E-state index in [-0.39, 0.29) is 17.8 Å². The Labute approximate surface area is 153 Å². The van der Waals surface area contributed by atoms with Crippen molar-refractivity contribution in [2.24, 2.45) is 0 Å². The van der Waals surface area contributed by atoms with Gasteiger partial charge in [-0.1, -0.05) is 41.9 Å².